The van der Waals surface area contributed by atoms with E-state index in [1.807, 2.05) is 11.8 Å². The third-order valence-corrected chi connectivity index (χ3v) is 3.53. The third kappa shape index (κ3) is 4.06. The molecular weight excluding hydrogens is 244 g/mol. The number of nitrogens with zero attached hydrogens (tertiary/aromatic N) is 2. The maximum absolute atomic E-state index is 5.98. The molecule has 1 heterocycles. The fraction of sp³-hybridized carbons (Fsp3) is 0.600. The van der Waals surface area contributed by atoms with E-state index in [1.165, 1.54) is 0 Å². The van der Waals surface area contributed by atoms with Gasteiger partial charge in [-0.1, -0.05) is 18.5 Å². The fourth-order valence-corrected chi connectivity index (χ4v) is 1.63. The molecule has 0 amide bonds. The molecule has 2 N–H and O–H groups in total. The highest BCUT2D eigenvalue weighted by Gasteiger charge is 2.05. The quantitative estimate of drug-likeness (QED) is 0.824. The highest BCUT2D eigenvalue weighted by molar-refractivity contribution is 7.99. The fourth-order valence-electron chi connectivity index (χ4n) is 1.12. The van der Waals surface area contributed by atoms with Crippen molar-refractivity contribution in [2.45, 2.75) is 18.6 Å². The van der Waals surface area contributed by atoms with E-state index in [1.54, 1.807) is 13.2 Å². The van der Waals surface area contributed by atoms with Gasteiger partial charge < -0.3 is 10.6 Å². The van der Waals surface area contributed by atoms with Gasteiger partial charge in [0.2, 0.25) is 5.95 Å². The summed E-state index contributed by atoms with van der Waals surface area (Å²) in [6, 6.07) is 0. The van der Waals surface area contributed by atoms with Gasteiger partial charge in [-0.15, -0.1) is 0 Å². The molecular formula is C10H17ClN4S. The molecule has 0 aliphatic carbocycles. The Labute approximate surface area is 106 Å². The lowest BCUT2D eigenvalue weighted by atomic mass is 10.3. The van der Waals surface area contributed by atoms with Crippen molar-refractivity contribution in [1.82, 2.24) is 9.97 Å². The first-order chi connectivity index (χ1) is 7.67. The molecule has 4 nitrogen and oxygen atoms in total. The predicted molar refractivity (Wildman–Crippen MR) is 72.7 cm³/mol. The minimum Gasteiger partial charge on any atom is -0.369 e. The van der Waals surface area contributed by atoms with Crippen LogP contribution < -0.4 is 10.6 Å². The van der Waals surface area contributed by atoms with Crippen molar-refractivity contribution in [3.05, 3.63) is 11.2 Å². The summed E-state index contributed by atoms with van der Waals surface area (Å²) < 4.78 is 0. The van der Waals surface area contributed by atoms with Crippen molar-refractivity contribution >= 4 is 35.1 Å². The zero-order chi connectivity index (χ0) is 12.0. The van der Waals surface area contributed by atoms with Gasteiger partial charge in [0.1, 0.15) is 10.8 Å². The SMILES string of the molecule is CNc1ncc(Cl)c(NCCC(C)SC)n1. The number of hydrogen-bond acceptors (Lipinski definition) is 5. The second-order valence-corrected chi connectivity index (χ2v) is 5.09. The van der Waals surface area contributed by atoms with E-state index in [9.17, 15) is 0 Å². The van der Waals surface area contributed by atoms with Crippen molar-refractivity contribution < 1.29 is 0 Å². The van der Waals surface area contributed by atoms with Crippen LogP contribution in [0.3, 0.4) is 0 Å². The molecule has 0 spiro atoms. The second kappa shape index (κ2) is 6.81. The topological polar surface area (TPSA) is 49.8 Å². The highest BCUT2D eigenvalue weighted by Crippen LogP contribution is 2.19. The van der Waals surface area contributed by atoms with Crippen LogP contribution in [0.5, 0.6) is 0 Å². The molecule has 90 valence electrons. The largest absolute Gasteiger partial charge is 0.369 e. The van der Waals surface area contributed by atoms with E-state index in [2.05, 4.69) is 33.8 Å². The molecule has 1 rings (SSSR count). The smallest absolute Gasteiger partial charge is 0.224 e. The van der Waals surface area contributed by atoms with Crippen molar-refractivity contribution in [3.8, 4) is 0 Å². The predicted octanol–water partition coefficient (Wildman–Crippen LogP) is 2.73. The standard InChI is InChI=1S/C10H17ClN4S/c1-7(16-3)4-5-13-9-8(11)6-14-10(12-2)15-9/h6-7H,4-5H2,1-3H3,(H2,12,13,14,15). The van der Waals surface area contributed by atoms with Gasteiger partial charge in [-0.2, -0.15) is 16.7 Å². The van der Waals surface area contributed by atoms with Crippen LogP contribution in [0.1, 0.15) is 13.3 Å². The average Bonchev–Trinajstić information content (AvgIpc) is 2.31. The molecule has 0 aromatic carbocycles. The maximum atomic E-state index is 5.98. The Morgan fingerprint density at radius 2 is 2.31 bits per heavy atom. The Kier molecular flexibility index (Phi) is 5.69. The van der Waals surface area contributed by atoms with Crippen molar-refractivity contribution in [1.29, 1.82) is 0 Å². The monoisotopic (exact) mass is 260 g/mol. The number of hydrogen-bond donors (Lipinski definition) is 2. The van der Waals surface area contributed by atoms with Crippen LogP contribution in [0.25, 0.3) is 0 Å². The first kappa shape index (κ1) is 13.4. The van der Waals surface area contributed by atoms with Gasteiger partial charge in [-0.05, 0) is 12.7 Å². The summed E-state index contributed by atoms with van der Waals surface area (Å²) in [7, 11) is 1.78. The van der Waals surface area contributed by atoms with Crippen molar-refractivity contribution in [2.24, 2.45) is 0 Å². The first-order valence-corrected chi connectivity index (χ1v) is 6.81. The van der Waals surface area contributed by atoms with Crippen LogP contribution in [-0.2, 0) is 0 Å². The van der Waals surface area contributed by atoms with Gasteiger partial charge in [-0.3, -0.25) is 0 Å². The maximum Gasteiger partial charge on any atom is 0.224 e. The van der Waals surface area contributed by atoms with Gasteiger partial charge in [0.25, 0.3) is 0 Å². The summed E-state index contributed by atoms with van der Waals surface area (Å²) in [6.45, 7) is 3.06. The zero-order valence-corrected chi connectivity index (χ0v) is 11.3. The Balaban J connectivity index is 2.52. The van der Waals surface area contributed by atoms with E-state index < -0.39 is 0 Å². The van der Waals surface area contributed by atoms with Gasteiger partial charge in [0.15, 0.2) is 0 Å². The number of anilines is 2. The Hall–Kier alpha value is -0.680. The highest BCUT2D eigenvalue weighted by atomic mass is 35.5. The van der Waals surface area contributed by atoms with Crippen LogP contribution in [0.15, 0.2) is 6.20 Å². The van der Waals surface area contributed by atoms with Crippen LogP contribution in [0.4, 0.5) is 11.8 Å². The molecule has 1 aromatic rings. The molecule has 1 aromatic heterocycles. The molecule has 0 radical (unpaired) electrons. The van der Waals surface area contributed by atoms with Crippen LogP contribution >= 0.6 is 23.4 Å². The van der Waals surface area contributed by atoms with E-state index in [0.717, 1.165) is 13.0 Å². The number of halogens is 1. The summed E-state index contributed by atoms with van der Waals surface area (Å²) >= 11 is 7.84. The Morgan fingerprint density at radius 3 is 2.94 bits per heavy atom. The van der Waals surface area contributed by atoms with Gasteiger partial charge in [0, 0.05) is 18.8 Å². The molecule has 0 bridgehead atoms. The van der Waals surface area contributed by atoms with E-state index in [-0.39, 0.29) is 0 Å². The average molecular weight is 261 g/mol. The number of aromatic nitrogens is 2. The van der Waals surface area contributed by atoms with Gasteiger partial charge in [-0.25, -0.2) is 4.98 Å². The molecule has 6 heteroatoms. The number of nitrogens with one attached hydrogen (secondary N) is 2. The molecule has 0 saturated heterocycles. The lowest BCUT2D eigenvalue weighted by molar-refractivity contribution is 0.849. The van der Waals surface area contributed by atoms with Crippen molar-refractivity contribution in [2.75, 3.05) is 30.5 Å². The second-order valence-electron chi connectivity index (χ2n) is 3.40. The normalized spacial score (nSPS) is 12.2. The summed E-state index contributed by atoms with van der Waals surface area (Å²) in [5.41, 5.74) is 0. The van der Waals surface area contributed by atoms with Crippen LogP contribution in [0.2, 0.25) is 5.02 Å². The summed E-state index contributed by atoms with van der Waals surface area (Å²) in [5, 5.41) is 7.28. The van der Waals surface area contributed by atoms with Gasteiger partial charge in [0.05, 0.1) is 6.20 Å². The molecule has 1 atom stereocenters. The van der Waals surface area contributed by atoms with E-state index in [0.29, 0.717) is 22.0 Å². The molecule has 0 aliphatic heterocycles. The Bertz CT molecular complexity index is 335. The number of rotatable bonds is 6. The Morgan fingerprint density at radius 1 is 1.56 bits per heavy atom. The lowest BCUT2D eigenvalue weighted by Gasteiger charge is -2.11. The molecule has 0 saturated carbocycles. The van der Waals surface area contributed by atoms with Crippen LogP contribution in [0, 0.1) is 0 Å². The summed E-state index contributed by atoms with van der Waals surface area (Å²) in [4.78, 5) is 8.26. The summed E-state index contributed by atoms with van der Waals surface area (Å²) in [5.74, 6) is 1.26. The van der Waals surface area contributed by atoms with E-state index >= 15 is 0 Å². The minimum absolute atomic E-state index is 0.552. The first-order valence-electron chi connectivity index (χ1n) is 5.14. The van der Waals surface area contributed by atoms with Gasteiger partial charge >= 0.3 is 0 Å². The third-order valence-electron chi connectivity index (χ3n) is 2.21. The van der Waals surface area contributed by atoms with Crippen molar-refractivity contribution in [3.63, 3.8) is 0 Å². The lowest BCUT2D eigenvalue weighted by Crippen LogP contribution is -2.10. The summed E-state index contributed by atoms with van der Waals surface area (Å²) in [6.07, 6.45) is 4.79. The minimum atomic E-state index is 0.552. The molecule has 0 fully saturated rings. The molecule has 1 unspecified atom stereocenters. The van der Waals surface area contributed by atoms with E-state index in [4.69, 9.17) is 11.6 Å². The zero-order valence-electron chi connectivity index (χ0n) is 9.75. The molecule has 16 heavy (non-hydrogen) atoms. The molecule has 0 aliphatic rings. The number of thioether (sulfide) groups is 1. The van der Waals surface area contributed by atoms with Crippen LogP contribution in [-0.4, -0.2) is 35.1 Å².